The van der Waals surface area contributed by atoms with Crippen LogP contribution >= 0.6 is 0 Å². The van der Waals surface area contributed by atoms with Gasteiger partial charge in [0.15, 0.2) is 0 Å². The van der Waals surface area contributed by atoms with Crippen LogP contribution in [0.25, 0.3) is 10.8 Å². The molecule has 0 spiro atoms. The highest BCUT2D eigenvalue weighted by molar-refractivity contribution is 5.92. The van der Waals surface area contributed by atoms with Crippen LogP contribution < -0.4 is 5.32 Å². The molecule has 110 valence electrons. The first-order valence-corrected chi connectivity index (χ1v) is 7.51. The molecule has 0 aliphatic heterocycles. The Labute approximate surface area is 124 Å². The molecule has 4 nitrogen and oxygen atoms in total. The van der Waals surface area contributed by atoms with Gasteiger partial charge < -0.3 is 10.1 Å². The van der Waals surface area contributed by atoms with E-state index in [1.807, 2.05) is 37.3 Å². The lowest BCUT2D eigenvalue weighted by atomic mass is 9.80. The number of pyridine rings is 1. The van der Waals surface area contributed by atoms with E-state index in [4.69, 9.17) is 4.74 Å². The highest BCUT2D eigenvalue weighted by Gasteiger charge is 2.31. The molecule has 1 aliphatic carbocycles. The van der Waals surface area contributed by atoms with Gasteiger partial charge in [0.1, 0.15) is 5.82 Å². The van der Waals surface area contributed by atoms with Crippen molar-refractivity contribution in [2.24, 2.45) is 5.92 Å². The van der Waals surface area contributed by atoms with Gasteiger partial charge in [0, 0.05) is 24.6 Å². The van der Waals surface area contributed by atoms with Crippen molar-refractivity contribution in [3.05, 3.63) is 36.5 Å². The summed E-state index contributed by atoms with van der Waals surface area (Å²) in [4.78, 5) is 16.3. The summed E-state index contributed by atoms with van der Waals surface area (Å²) >= 11 is 0. The van der Waals surface area contributed by atoms with Gasteiger partial charge in [0.05, 0.1) is 6.10 Å². The zero-order chi connectivity index (χ0) is 14.7. The number of carbonyl (C=O) groups is 1. The summed E-state index contributed by atoms with van der Waals surface area (Å²) in [7, 11) is 0. The number of anilines is 1. The number of amides is 1. The lowest BCUT2D eigenvalue weighted by molar-refractivity contribution is -0.119. The number of aromatic nitrogens is 1. The summed E-state index contributed by atoms with van der Waals surface area (Å²) < 4.78 is 5.51. The second-order valence-electron chi connectivity index (χ2n) is 5.58. The number of nitrogens with one attached hydrogen (secondary N) is 1. The van der Waals surface area contributed by atoms with Crippen LogP contribution in [0.4, 0.5) is 5.82 Å². The number of nitrogens with zero attached hydrogens (tertiary/aromatic N) is 1. The van der Waals surface area contributed by atoms with Crippen molar-refractivity contribution in [3.63, 3.8) is 0 Å². The Morgan fingerprint density at radius 1 is 1.33 bits per heavy atom. The van der Waals surface area contributed by atoms with Gasteiger partial charge in [-0.15, -0.1) is 0 Å². The van der Waals surface area contributed by atoms with E-state index in [9.17, 15) is 4.79 Å². The fourth-order valence-corrected chi connectivity index (χ4v) is 2.82. The molecule has 1 aromatic carbocycles. The topological polar surface area (TPSA) is 51.2 Å². The lowest BCUT2D eigenvalue weighted by Crippen LogP contribution is -2.33. The smallest absolute Gasteiger partial charge is 0.225 e. The molecule has 1 N–H and O–H groups in total. The summed E-state index contributed by atoms with van der Waals surface area (Å²) in [5, 5.41) is 5.05. The standard InChI is InChI=1S/C17H20N2O2/c1-2-21-15-7-12(8-15)9-17(20)19-16-10-13-5-3-4-6-14(13)11-18-16/h3-6,10-12,15H,2,7-9H2,1H3,(H,18,19,20). The number of hydrogen-bond donors (Lipinski definition) is 1. The average molecular weight is 284 g/mol. The number of carbonyl (C=O) groups excluding carboxylic acids is 1. The molecule has 1 aromatic heterocycles. The fourth-order valence-electron chi connectivity index (χ4n) is 2.82. The van der Waals surface area contributed by atoms with Crippen molar-refractivity contribution in [3.8, 4) is 0 Å². The van der Waals surface area contributed by atoms with Gasteiger partial charge in [-0.25, -0.2) is 4.98 Å². The predicted molar refractivity (Wildman–Crippen MR) is 83.1 cm³/mol. The van der Waals surface area contributed by atoms with Crippen LogP contribution in [0.15, 0.2) is 36.5 Å². The molecule has 0 bridgehead atoms. The second kappa shape index (κ2) is 6.22. The number of fused-ring (bicyclic) bond motifs is 1. The molecular weight excluding hydrogens is 264 g/mol. The first-order chi connectivity index (χ1) is 10.2. The number of hydrogen-bond acceptors (Lipinski definition) is 3. The molecule has 1 heterocycles. The zero-order valence-electron chi connectivity index (χ0n) is 12.2. The quantitative estimate of drug-likeness (QED) is 0.915. The van der Waals surface area contributed by atoms with Gasteiger partial charge in [0.2, 0.25) is 5.91 Å². The van der Waals surface area contributed by atoms with Gasteiger partial charge in [-0.05, 0) is 37.1 Å². The van der Waals surface area contributed by atoms with E-state index in [-0.39, 0.29) is 5.91 Å². The molecule has 3 rings (SSSR count). The van der Waals surface area contributed by atoms with Crippen LogP contribution in [0.1, 0.15) is 26.2 Å². The molecule has 1 aliphatic rings. The van der Waals surface area contributed by atoms with E-state index in [0.29, 0.717) is 24.3 Å². The van der Waals surface area contributed by atoms with Crippen LogP contribution in [0, 0.1) is 5.92 Å². The minimum Gasteiger partial charge on any atom is -0.378 e. The minimum absolute atomic E-state index is 0.0396. The van der Waals surface area contributed by atoms with Gasteiger partial charge in [-0.1, -0.05) is 24.3 Å². The van der Waals surface area contributed by atoms with Crippen molar-refractivity contribution in [2.45, 2.75) is 32.3 Å². The Bertz CT molecular complexity index is 635. The van der Waals surface area contributed by atoms with Crippen LogP contribution in [0.3, 0.4) is 0 Å². The van der Waals surface area contributed by atoms with E-state index in [1.165, 1.54) is 0 Å². The Balaban J connectivity index is 1.54. The van der Waals surface area contributed by atoms with Gasteiger partial charge in [-0.3, -0.25) is 4.79 Å². The molecule has 1 saturated carbocycles. The number of benzene rings is 1. The molecule has 21 heavy (non-hydrogen) atoms. The Hall–Kier alpha value is -1.94. The van der Waals surface area contributed by atoms with E-state index in [1.54, 1.807) is 6.20 Å². The fraction of sp³-hybridized carbons (Fsp3) is 0.412. The molecule has 0 unspecified atom stereocenters. The van der Waals surface area contributed by atoms with Crippen molar-refractivity contribution in [1.29, 1.82) is 0 Å². The first kappa shape index (κ1) is 14.0. The molecule has 4 heteroatoms. The van der Waals surface area contributed by atoms with E-state index in [2.05, 4.69) is 10.3 Å². The molecule has 1 fully saturated rings. The van der Waals surface area contributed by atoms with Crippen molar-refractivity contribution in [2.75, 3.05) is 11.9 Å². The third kappa shape index (κ3) is 3.39. The summed E-state index contributed by atoms with van der Waals surface area (Å²) in [6.45, 7) is 2.76. The van der Waals surface area contributed by atoms with Crippen LogP contribution in [-0.4, -0.2) is 23.6 Å². The largest absolute Gasteiger partial charge is 0.378 e. The maximum Gasteiger partial charge on any atom is 0.225 e. The first-order valence-electron chi connectivity index (χ1n) is 7.51. The summed E-state index contributed by atoms with van der Waals surface area (Å²) in [6.07, 6.45) is 4.68. The Morgan fingerprint density at radius 3 is 2.86 bits per heavy atom. The maximum absolute atomic E-state index is 12.0. The van der Waals surface area contributed by atoms with Gasteiger partial charge >= 0.3 is 0 Å². The Kier molecular flexibility index (Phi) is 4.15. The van der Waals surface area contributed by atoms with Crippen molar-refractivity contribution in [1.82, 2.24) is 4.98 Å². The molecule has 0 saturated heterocycles. The molecule has 0 radical (unpaired) electrons. The second-order valence-corrected chi connectivity index (χ2v) is 5.58. The molecule has 2 aromatic rings. The monoisotopic (exact) mass is 284 g/mol. The lowest BCUT2D eigenvalue weighted by Gasteiger charge is -2.34. The van der Waals surface area contributed by atoms with Crippen LogP contribution in [0.5, 0.6) is 0 Å². The van der Waals surface area contributed by atoms with E-state index < -0.39 is 0 Å². The zero-order valence-corrected chi connectivity index (χ0v) is 12.2. The maximum atomic E-state index is 12.0. The summed E-state index contributed by atoms with van der Waals surface area (Å²) in [5.41, 5.74) is 0. The number of rotatable bonds is 5. The third-order valence-corrected chi connectivity index (χ3v) is 3.97. The van der Waals surface area contributed by atoms with Crippen LogP contribution in [-0.2, 0) is 9.53 Å². The molecular formula is C17H20N2O2. The van der Waals surface area contributed by atoms with E-state index >= 15 is 0 Å². The predicted octanol–water partition coefficient (Wildman–Crippen LogP) is 3.38. The molecule has 0 atom stereocenters. The normalized spacial score (nSPS) is 21.0. The van der Waals surface area contributed by atoms with E-state index in [0.717, 1.165) is 30.2 Å². The Morgan fingerprint density at radius 2 is 2.10 bits per heavy atom. The average Bonchev–Trinajstić information content (AvgIpc) is 2.45. The summed E-state index contributed by atoms with van der Waals surface area (Å²) in [6, 6.07) is 9.91. The highest BCUT2D eigenvalue weighted by atomic mass is 16.5. The summed E-state index contributed by atoms with van der Waals surface area (Å²) in [5.74, 6) is 1.11. The highest BCUT2D eigenvalue weighted by Crippen LogP contribution is 2.32. The van der Waals surface area contributed by atoms with Gasteiger partial charge in [0.25, 0.3) is 0 Å². The SMILES string of the molecule is CCOC1CC(CC(=O)Nc2cc3ccccc3cn2)C1. The minimum atomic E-state index is 0.0396. The number of ether oxygens (including phenoxy) is 1. The van der Waals surface area contributed by atoms with Gasteiger partial charge in [-0.2, -0.15) is 0 Å². The van der Waals surface area contributed by atoms with Crippen molar-refractivity contribution >= 4 is 22.5 Å². The third-order valence-electron chi connectivity index (χ3n) is 3.97. The molecule has 1 amide bonds. The van der Waals surface area contributed by atoms with Crippen LogP contribution in [0.2, 0.25) is 0 Å². The van der Waals surface area contributed by atoms with Crippen molar-refractivity contribution < 1.29 is 9.53 Å².